The minimum Gasteiger partial charge on any atom is -0.356 e. The highest BCUT2D eigenvalue weighted by atomic mass is 32.2. The van der Waals surface area contributed by atoms with Gasteiger partial charge in [-0.1, -0.05) is 0 Å². The zero-order valence-corrected chi connectivity index (χ0v) is 5.89. The summed E-state index contributed by atoms with van der Waals surface area (Å²) in [7, 11) is 0.529. The van der Waals surface area contributed by atoms with Crippen LogP contribution in [0.2, 0.25) is 0 Å². The lowest BCUT2D eigenvalue weighted by molar-refractivity contribution is 0.684. The van der Waals surface area contributed by atoms with Gasteiger partial charge < -0.3 is 4.57 Å². The van der Waals surface area contributed by atoms with Crippen LogP contribution in [0.25, 0.3) is 0 Å². The van der Waals surface area contributed by atoms with E-state index in [1.165, 1.54) is 0 Å². The third-order valence-corrected chi connectivity index (χ3v) is 1.74. The molecule has 0 fully saturated rings. The fourth-order valence-corrected chi connectivity index (χ4v) is 1.06. The molecule has 3 nitrogen and oxygen atoms in total. The Hall–Kier alpha value is -0.610. The van der Waals surface area contributed by atoms with Crippen LogP contribution in [0, 0.1) is 0 Å². The van der Waals surface area contributed by atoms with E-state index in [0.717, 1.165) is 0 Å². The third-order valence-electron chi connectivity index (χ3n) is 1.04. The second-order valence-corrected chi connectivity index (χ2v) is 2.88. The first-order chi connectivity index (χ1) is 4.20. The van der Waals surface area contributed by atoms with Gasteiger partial charge in [0, 0.05) is 19.4 Å². The monoisotopic (exact) mass is 144 g/mol. The van der Waals surface area contributed by atoms with Gasteiger partial charge in [0.15, 0.2) is 0 Å². The molecule has 2 N–H and O–H groups in total. The summed E-state index contributed by atoms with van der Waals surface area (Å²) in [6, 6.07) is 1.73. The van der Waals surface area contributed by atoms with Crippen LogP contribution in [-0.2, 0) is 18.0 Å². The van der Waals surface area contributed by atoms with Crippen molar-refractivity contribution < 1.29 is 4.21 Å². The smallest absolute Gasteiger partial charge is 0.123 e. The SMILES string of the molecule is Cn1ccc(S(N)=O)c1. The van der Waals surface area contributed by atoms with Crippen LogP contribution < -0.4 is 5.14 Å². The summed E-state index contributed by atoms with van der Waals surface area (Å²) in [5, 5.41) is 5.09. The first kappa shape index (κ1) is 6.51. The molecule has 0 spiro atoms. The molecule has 1 rings (SSSR count). The zero-order valence-electron chi connectivity index (χ0n) is 5.07. The van der Waals surface area contributed by atoms with E-state index in [4.69, 9.17) is 5.14 Å². The van der Waals surface area contributed by atoms with E-state index in [9.17, 15) is 4.21 Å². The molecule has 9 heavy (non-hydrogen) atoms. The van der Waals surface area contributed by atoms with Crippen LogP contribution in [0.4, 0.5) is 0 Å². The maximum absolute atomic E-state index is 10.5. The molecule has 0 saturated heterocycles. The molecule has 0 aliphatic carbocycles. The first-order valence-electron chi connectivity index (χ1n) is 2.48. The van der Waals surface area contributed by atoms with Crippen molar-refractivity contribution in [3.63, 3.8) is 0 Å². The van der Waals surface area contributed by atoms with Crippen LogP contribution in [0.15, 0.2) is 23.4 Å². The molecule has 4 heteroatoms. The first-order valence-corrected chi connectivity index (χ1v) is 3.69. The van der Waals surface area contributed by atoms with Gasteiger partial charge in [0.25, 0.3) is 0 Å². The summed E-state index contributed by atoms with van der Waals surface area (Å²) in [6.07, 6.45) is 3.54. The molecule has 1 unspecified atom stereocenters. The van der Waals surface area contributed by atoms with Gasteiger partial charge in [-0.2, -0.15) is 0 Å². The minimum atomic E-state index is -1.33. The van der Waals surface area contributed by atoms with Crippen LogP contribution in [-0.4, -0.2) is 8.78 Å². The van der Waals surface area contributed by atoms with Gasteiger partial charge in [0.1, 0.15) is 11.0 Å². The Morgan fingerprint density at radius 1 is 1.78 bits per heavy atom. The van der Waals surface area contributed by atoms with Gasteiger partial charge in [-0.3, -0.25) is 0 Å². The molecule has 1 atom stereocenters. The Morgan fingerprint density at radius 3 is 2.67 bits per heavy atom. The zero-order chi connectivity index (χ0) is 6.85. The van der Waals surface area contributed by atoms with Gasteiger partial charge in [-0.25, -0.2) is 9.35 Å². The molecular weight excluding hydrogens is 136 g/mol. The van der Waals surface area contributed by atoms with Crippen molar-refractivity contribution in [2.24, 2.45) is 12.2 Å². The van der Waals surface area contributed by atoms with Crippen molar-refractivity contribution in [1.29, 1.82) is 0 Å². The summed E-state index contributed by atoms with van der Waals surface area (Å²) in [5.41, 5.74) is 0. The van der Waals surface area contributed by atoms with Crippen molar-refractivity contribution in [1.82, 2.24) is 4.57 Å². The van der Waals surface area contributed by atoms with E-state index in [-0.39, 0.29) is 0 Å². The molecule has 0 aromatic carbocycles. The normalized spacial score (nSPS) is 13.6. The van der Waals surface area contributed by atoms with E-state index in [1.807, 2.05) is 7.05 Å². The molecule has 0 saturated carbocycles. The molecular formula is C5H8N2OS. The molecule has 1 aromatic heterocycles. The molecule has 0 radical (unpaired) electrons. The van der Waals surface area contributed by atoms with Crippen LogP contribution in [0.3, 0.4) is 0 Å². The van der Waals surface area contributed by atoms with Crippen molar-refractivity contribution in [2.75, 3.05) is 0 Å². The molecule has 1 heterocycles. The molecule has 0 aliphatic heterocycles. The summed E-state index contributed by atoms with van der Waals surface area (Å²) < 4.78 is 12.3. The van der Waals surface area contributed by atoms with E-state index in [0.29, 0.717) is 4.90 Å². The number of rotatable bonds is 1. The number of hydrogen-bond donors (Lipinski definition) is 1. The van der Waals surface area contributed by atoms with Gasteiger partial charge in [-0.15, -0.1) is 0 Å². The minimum absolute atomic E-state index is 0.664. The van der Waals surface area contributed by atoms with Gasteiger partial charge in [-0.05, 0) is 6.07 Å². The molecule has 1 aromatic rings. The third kappa shape index (κ3) is 1.40. The highest BCUT2D eigenvalue weighted by molar-refractivity contribution is 7.82. The van der Waals surface area contributed by atoms with Crippen molar-refractivity contribution in [3.05, 3.63) is 18.5 Å². The van der Waals surface area contributed by atoms with Crippen LogP contribution in [0.1, 0.15) is 0 Å². The second-order valence-electron chi connectivity index (χ2n) is 1.81. The average Bonchev–Trinajstić information content (AvgIpc) is 2.14. The maximum Gasteiger partial charge on any atom is 0.123 e. The fourth-order valence-electron chi connectivity index (χ4n) is 0.597. The highest BCUT2D eigenvalue weighted by Gasteiger charge is 1.96. The topological polar surface area (TPSA) is 48.0 Å². The van der Waals surface area contributed by atoms with E-state index < -0.39 is 11.0 Å². The van der Waals surface area contributed by atoms with Gasteiger partial charge in [0.2, 0.25) is 0 Å². The lowest BCUT2D eigenvalue weighted by Crippen LogP contribution is -2.00. The molecule has 0 bridgehead atoms. The Morgan fingerprint density at radius 2 is 2.44 bits per heavy atom. The van der Waals surface area contributed by atoms with Gasteiger partial charge in [0.05, 0.1) is 4.90 Å². The standard InChI is InChI=1S/C5H8N2OS/c1-7-3-2-5(4-7)9(6)8/h2-4H,6H2,1H3. The predicted molar refractivity (Wildman–Crippen MR) is 36.0 cm³/mol. The molecule has 50 valence electrons. The summed E-state index contributed by atoms with van der Waals surface area (Å²) >= 11 is 0. The van der Waals surface area contributed by atoms with Gasteiger partial charge >= 0.3 is 0 Å². The number of aromatic nitrogens is 1. The van der Waals surface area contributed by atoms with E-state index in [1.54, 1.807) is 23.0 Å². The lowest BCUT2D eigenvalue weighted by atomic mass is 10.7. The molecule has 0 aliphatic rings. The fraction of sp³-hybridized carbons (Fsp3) is 0.200. The summed E-state index contributed by atoms with van der Waals surface area (Å²) in [4.78, 5) is 0.664. The van der Waals surface area contributed by atoms with Crippen LogP contribution >= 0.6 is 0 Å². The Labute approximate surface area is 56.1 Å². The Bertz CT molecular complexity index is 231. The Balaban J connectivity index is 2.98. The quantitative estimate of drug-likeness (QED) is 0.593. The molecule has 0 amide bonds. The lowest BCUT2D eigenvalue weighted by Gasteiger charge is -1.85. The largest absolute Gasteiger partial charge is 0.356 e. The Kier molecular flexibility index (Phi) is 1.68. The van der Waals surface area contributed by atoms with Crippen molar-refractivity contribution >= 4 is 11.0 Å². The number of aryl methyl sites for hydroxylation is 1. The highest BCUT2D eigenvalue weighted by Crippen LogP contribution is 2.00. The van der Waals surface area contributed by atoms with E-state index in [2.05, 4.69) is 0 Å². The van der Waals surface area contributed by atoms with Crippen molar-refractivity contribution in [3.8, 4) is 0 Å². The summed E-state index contributed by atoms with van der Waals surface area (Å²) in [5.74, 6) is 0. The average molecular weight is 144 g/mol. The van der Waals surface area contributed by atoms with E-state index >= 15 is 0 Å². The number of hydrogen-bond acceptors (Lipinski definition) is 1. The predicted octanol–water partition coefficient (Wildman–Crippen LogP) is 0.00640. The number of nitrogens with zero attached hydrogens (tertiary/aromatic N) is 1. The van der Waals surface area contributed by atoms with Crippen LogP contribution in [0.5, 0.6) is 0 Å². The second kappa shape index (κ2) is 2.33. The maximum atomic E-state index is 10.5. The number of nitrogens with two attached hydrogens (primary N) is 1. The summed E-state index contributed by atoms with van der Waals surface area (Å²) in [6.45, 7) is 0. The van der Waals surface area contributed by atoms with Crippen molar-refractivity contribution in [2.45, 2.75) is 4.90 Å².